The van der Waals surface area contributed by atoms with Gasteiger partial charge in [0.25, 0.3) is 0 Å². The van der Waals surface area contributed by atoms with Crippen molar-refractivity contribution in [2.75, 3.05) is 11.1 Å². The van der Waals surface area contributed by atoms with E-state index in [1.165, 1.54) is 11.8 Å². The molecule has 0 aliphatic rings. The van der Waals surface area contributed by atoms with E-state index < -0.39 is 0 Å². The van der Waals surface area contributed by atoms with Crippen LogP contribution in [0.2, 0.25) is 5.02 Å². The summed E-state index contributed by atoms with van der Waals surface area (Å²) in [7, 11) is 0. The van der Waals surface area contributed by atoms with Crippen molar-refractivity contribution in [3.05, 3.63) is 59.1 Å². The highest BCUT2D eigenvalue weighted by atomic mass is 35.5. The maximum atomic E-state index is 11.8. The molecule has 0 radical (unpaired) electrons. The van der Waals surface area contributed by atoms with E-state index in [0.717, 1.165) is 16.1 Å². The van der Waals surface area contributed by atoms with Crippen LogP contribution in [0, 0.1) is 6.92 Å². The zero-order valence-corrected chi connectivity index (χ0v) is 14.8. The van der Waals surface area contributed by atoms with Gasteiger partial charge in [-0.05, 0) is 55.0 Å². The predicted octanol–water partition coefficient (Wildman–Crippen LogP) is 3.76. The average Bonchev–Trinajstić information content (AvgIpc) is 2.54. The van der Waals surface area contributed by atoms with E-state index in [0.29, 0.717) is 15.9 Å². The number of nitrogens with one attached hydrogen (secondary N) is 3. The smallest absolute Gasteiger partial charge is 0.248 e. The molecule has 0 unspecified atom stereocenters. The fourth-order valence-corrected chi connectivity index (χ4v) is 2.84. The van der Waals surface area contributed by atoms with Crippen LogP contribution in [0.4, 0.5) is 5.69 Å². The number of thiocarbonyl (C=S) groups is 1. The molecule has 0 saturated carbocycles. The molecule has 7 heteroatoms. The Morgan fingerprint density at radius 3 is 2.52 bits per heavy atom. The summed E-state index contributed by atoms with van der Waals surface area (Å²) < 4.78 is 0. The first-order valence-electron chi connectivity index (χ1n) is 6.84. The lowest BCUT2D eigenvalue weighted by molar-refractivity contribution is -0.119. The van der Waals surface area contributed by atoms with Crippen LogP contribution in [0.15, 0.2) is 53.4 Å². The number of benzene rings is 2. The molecule has 2 aromatic rings. The number of hydrogen-bond acceptors (Lipinski definition) is 3. The lowest BCUT2D eigenvalue weighted by Crippen LogP contribution is -2.44. The molecule has 0 bridgehead atoms. The SMILES string of the molecule is Cc1ccccc1SCC(=O)NNC(=S)Nc1ccc(Cl)cc1. The lowest BCUT2D eigenvalue weighted by Gasteiger charge is -2.12. The Labute approximate surface area is 150 Å². The highest BCUT2D eigenvalue weighted by molar-refractivity contribution is 8.00. The second-order valence-electron chi connectivity index (χ2n) is 4.69. The van der Waals surface area contributed by atoms with Crippen molar-refractivity contribution in [2.45, 2.75) is 11.8 Å². The summed E-state index contributed by atoms with van der Waals surface area (Å²) in [5, 5.41) is 3.90. The monoisotopic (exact) mass is 365 g/mol. The first-order chi connectivity index (χ1) is 11.0. The minimum Gasteiger partial charge on any atom is -0.331 e. The third-order valence-electron chi connectivity index (χ3n) is 2.87. The molecule has 0 spiro atoms. The molecule has 3 N–H and O–H groups in total. The van der Waals surface area contributed by atoms with Gasteiger partial charge in [-0.25, -0.2) is 0 Å². The molecule has 2 aromatic carbocycles. The number of rotatable bonds is 4. The van der Waals surface area contributed by atoms with Crippen LogP contribution in [-0.4, -0.2) is 16.8 Å². The van der Waals surface area contributed by atoms with Crippen LogP contribution in [0.3, 0.4) is 0 Å². The molecule has 0 atom stereocenters. The van der Waals surface area contributed by atoms with Crippen molar-refractivity contribution in [1.29, 1.82) is 0 Å². The first-order valence-corrected chi connectivity index (χ1v) is 8.61. The molecule has 0 fully saturated rings. The minimum atomic E-state index is -0.154. The first kappa shape index (κ1) is 17.6. The maximum absolute atomic E-state index is 11.8. The van der Waals surface area contributed by atoms with Gasteiger partial charge in [-0.3, -0.25) is 15.6 Å². The van der Waals surface area contributed by atoms with E-state index in [2.05, 4.69) is 16.2 Å². The van der Waals surface area contributed by atoms with Crippen LogP contribution >= 0.6 is 35.6 Å². The zero-order valence-electron chi connectivity index (χ0n) is 12.4. The topological polar surface area (TPSA) is 53.2 Å². The van der Waals surface area contributed by atoms with Gasteiger partial charge < -0.3 is 5.32 Å². The molecule has 4 nitrogen and oxygen atoms in total. The Hall–Kier alpha value is -1.76. The van der Waals surface area contributed by atoms with Crippen molar-refractivity contribution in [3.8, 4) is 0 Å². The molecular weight excluding hydrogens is 350 g/mol. The third kappa shape index (κ3) is 6.09. The van der Waals surface area contributed by atoms with Gasteiger partial charge in [0.15, 0.2) is 5.11 Å². The molecule has 0 saturated heterocycles. The molecule has 0 aliphatic heterocycles. The quantitative estimate of drug-likeness (QED) is 0.437. The van der Waals surface area contributed by atoms with Crippen molar-refractivity contribution in [2.24, 2.45) is 0 Å². The number of carbonyl (C=O) groups is 1. The van der Waals surface area contributed by atoms with Gasteiger partial charge in [0, 0.05) is 15.6 Å². The van der Waals surface area contributed by atoms with Gasteiger partial charge >= 0.3 is 0 Å². The van der Waals surface area contributed by atoms with E-state index in [1.807, 2.05) is 31.2 Å². The van der Waals surface area contributed by atoms with Gasteiger partial charge in [-0.2, -0.15) is 0 Å². The summed E-state index contributed by atoms with van der Waals surface area (Å²) >= 11 is 12.4. The highest BCUT2D eigenvalue weighted by Crippen LogP contribution is 2.21. The van der Waals surface area contributed by atoms with Gasteiger partial charge in [-0.1, -0.05) is 29.8 Å². The van der Waals surface area contributed by atoms with E-state index in [9.17, 15) is 4.79 Å². The molecular formula is C16H16ClN3OS2. The lowest BCUT2D eigenvalue weighted by atomic mass is 10.2. The van der Waals surface area contributed by atoms with E-state index >= 15 is 0 Å². The van der Waals surface area contributed by atoms with E-state index in [-0.39, 0.29) is 5.91 Å². The Kier molecular flexibility index (Phi) is 6.70. The van der Waals surface area contributed by atoms with Gasteiger partial charge in [-0.15, -0.1) is 11.8 Å². The number of hydrogen-bond donors (Lipinski definition) is 3. The van der Waals surface area contributed by atoms with Crippen LogP contribution in [-0.2, 0) is 4.79 Å². The number of hydrazine groups is 1. The van der Waals surface area contributed by atoms with Gasteiger partial charge in [0.2, 0.25) is 5.91 Å². The normalized spacial score (nSPS) is 10.0. The molecule has 2 rings (SSSR count). The zero-order chi connectivity index (χ0) is 16.7. The standard InChI is InChI=1S/C16H16ClN3OS2/c1-11-4-2-3-5-14(11)23-10-15(21)19-20-16(22)18-13-8-6-12(17)7-9-13/h2-9H,10H2,1H3,(H,19,21)(H2,18,20,22). The fourth-order valence-electron chi connectivity index (χ4n) is 1.72. The second-order valence-corrected chi connectivity index (χ2v) is 6.55. The molecule has 120 valence electrons. The van der Waals surface area contributed by atoms with Crippen LogP contribution in [0.5, 0.6) is 0 Å². The summed E-state index contributed by atoms with van der Waals surface area (Å²) in [5.41, 5.74) is 7.17. The molecule has 0 aliphatic carbocycles. The highest BCUT2D eigenvalue weighted by Gasteiger charge is 2.05. The van der Waals surface area contributed by atoms with Crippen molar-refractivity contribution >= 4 is 52.3 Å². The number of thioether (sulfide) groups is 1. The van der Waals surface area contributed by atoms with Crippen molar-refractivity contribution in [3.63, 3.8) is 0 Å². The van der Waals surface area contributed by atoms with Crippen LogP contribution in [0.1, 0.15) is 5.56 Å². The minimum absolute atomic E-state index is 0.154. The van der Waals surface area contributed by atoms with E-state index in [1.54, 1.807) is 24.3 Å². The summed E-state index contributed by atoms with van der Waals surface area (Å²) in [5.74, 6) is 0.153. The number of halogens is 1. The predicted molar refractivity (Wildman–Crippen MR) is 101 cm³/mol. The largest absolute Gasteiger partial charge is 0.331 e. The second kappa shape index (κ2) is 8.76. The van der Waals surface area contributed by atoms with Gasteiger partial charge in [0.1, 0.15) is 0 Å². The Balaban J connectivity index is 1.72. The number of anilines is 1. The molecule has 0 heterocycles. The fraction of sp³-hybridized carbons (Fsp3) is 0.125. The third-order valence-corrected chi connectivity index (χ3v) is 4.50. The van der Waals surface area contributed by atoms with Crippen molar-refractivity contribution < 1.29 is 4.79 Å². The molecule has 0 aromatic heterocycles. The Morgan fingerprint density at radius 2 is 1.83 bits per heavy atom. The summed E-state index contributed by atoms with van der Waals surface area (Å²) in [6.07, 6.45) is 0. The van der Waals surface area contributed by atoms with Crippen molar-refractivity contribution in [1.82, 2.24) is 10.9 Å². The number of aryl methyl sites for hydroxylation is 1. The number of carbonyl (C=O) groups excluding carboxylic acids is 1. The summed E-state index contributed by atoms with van der Waals surface area (Å²) in [4.78, 5) is 12.9. The molecule has 1 amide bonds. The van der Waals surface area contributed by atoms with Crippen LogP contribution in [0.25, 0.3) is 0 Å². The maximum Gasteiger partial charge on any atom is 0.248 e. The number of amides is 1. The van der Waals surface area contributed by atoms with E-state index in [4.69, 9.17) is 23.8 Å². The average molecular weight is 366 g/mol. The molecule has 23 heavy (non-hydrogen) atoms. The van der Waals surface area contributed by atoms with Gasteiger partial charge in [0.05, 0.1) is 5.75 Å². The summed E-state index contributed by atoms with van der Waals surface area (Å²) in [6.45, 7) is 2.02. The van der Waals surface area contributed by atoms with Crippen LogP contribution < -0.4 is 16.2 Å². The Morgan fingerprint density at radius 1 is 1.13 bits per heavy atom. The summed E-state index contributed by atoms with van der Waals surface area (Å²) in [6, 6.07) is 15.0. The Bertz CT molecular complexity index is 692.